The first-order valence-corrected chi connectivity index (χ1v) is 8.28. The van der Waals surface area contributed by atoms with Crippen molar-refractivity contribution in [2.24, 2.45) is 5.92 Å². The van der Waals surface area contributed by atoms with E-state index in [0.29, 0.717) is 6.04 Å². The summed E-state index contributed by atoms with van der Waals surface area (Å²) in [6, 6.07) is 4.89. The first kappa shape index (κ1) is 16.7. The second kappa shape index (κ2) is 8.72. The third-order valence-electron chi connectivity index (χ3n) is 4.91. The SMILES string of the molecule is Cl.c1cc(C2CNCCN2CC2CCCCCC2)ccn1. The predicted molar refractivity (Wildman–Crippen MR) is 89.9 cm³/mol. The van der Waals surface area contributed by atoms with Gasteiger partial charge in [0.1, 0.15) is 0 Å². The standard InChI is InChI=1S/C17H27N3.ClH/c1-2-4-6-15(5-3-1)14-20-12-11-19-13-17(20)16-7-9-18-10-8-16;/h7-10,15,17,19H,1-6,11-14H2;1H. The molecule has 1 atom stereocenters. The predicted octanol–water partition coefficient (Wildman–Crippen LogP) is 3.42. The number of hydrogen-bond donors (Lipinski definition) is 1. The molecule has 1 saturated heterocycles. The topological polar surface area (TPSA) is 28.2 Å². The van der Waals surface area contributed by atoms with Crippen molar-refractivity contribution in [2.75, 3.05) is 26.2 Å². The molecule has 2 fully saturated rings. The zero-order chi connectivity index (χ0) is 13.6. The van der Waals surface area contributed by atoms with Gasteiger partial charge in [-0.2, -0.15) is 0 Å². The van der Waals surface area contributed by atoms with Crippen LogP contribution in [0.25, 0.3) is 0 Å². The molecule has 1 N–H and O–H groups in total. The van der Waals surface area contributed by atoms with E-state index in [9.17, 15) is 0 Å². The van der Waals surface area contributed by atoms with Crippen LogP contribution in [0.1, 0.15) is 50.1 Å². The molecule has 0 aromatic carbocycles. The Morgan fingerprint density at radius 2 is 1.81 bits per heavy atom. The van der Waals surface area contributed by atoms with E-state index in [1.807, 2.05) is 12.4 Å². The highest BCUT2D eigenvalue weighted by molar-refractivity contribution is 5.85. The fraction of sp³-hybridized carbons (Fsp3) is 0.706. The Bertz CT molecular complexity index is 390. The molecule has 118 valence electrons. The van der Waals surface area contributed by atoms with Gasteiger partial charge in [-0.1, -0.05) is 25.7 Å². The molecule has 2 heterocycles. The van der Waals surface area contributed by atoms with Crippen LogP contribution in [0.4, 0.5) is 0 Å². The maximum Gasteiger partial charge on any atom is 0.0474 e. The summed E-state index contributed by atoms with van der Waals surface area (Å²) in [6.45, 7) is 4.68. The molecular formula is C17H28ClN3. The van der Waals surface area contributed by atoms with Gasteiger partial charge in [-0.3, -0.25) is 9.88 Å². The van der Waals surface area contributed by atoms with Gasteiger partial charge in [-0.25, -0.2) is 0 Å². The van der Waals surface area contributed by atoms with Crippen molar-refractivity contribution >= 4 is 12.4 Å². The Balaban J connectivity index is 0.00000161. The number of nitrogens with zero attached hydrogens (tertiary/aromatic N) is 2. The molecule has 1 aliphatic carbocycles. The monoisotopic (exact) mass is 309 g/mol. The van der Waals surface area contributed by atoms with Gasteiger partial charge < -0.3 is 5.32 Å². The molecule has 1 aromatic rings. The molecule has 0 bridgehead atoms. The van der Waals surface area contributed by atoms with E-state index in [2.05, 4.69) is 27.3 Å². The Labute approximate surface area is 134 Å². The zero-order valence-electron chi connectivity index (χ0n) is 12.8. The molecule has 21 heavy (non-hydrogen) atoms. The van der Waals surface area contributed by atoms with Crippen molar-refractivity contribution in [3.05, 3.63) is 30.1 Å². The van der Waals surface area contributed by atoms with Crippen molar-refractivity contribution in [3.63, 3.8) is 0 Å². The molecule has 3 nitrogen and oxygen atoms in total. The first-order chi connectivity index (χ1) is 9.93. The number of aromatic nitrogens is 1. The minimum absolute atomic E-state index is 0. The lowest BCUT2D eigenvalue weighted by atomic mass is 9.97. The molecule has 3 rings (SSSR count). The van der Waals surface area contributed by atoms with E-state index in [0.717, 1.165) is 19.0 Å². The van der Waals surface area contributed by atoms with E-state index in [4.69, 9.17) is 0 Å². The summed E-state index contributed by atoms with van der Waals surface area (Å²) in [5.74, 6) is 0.917. The Hall–Kier alpha value is -0.640. The number of pyridine rings is 1. The molecule has 1 aromatic heterocycles. The van der Waals surface area contributed by atoms with E-state index in [1.165, 1.54) is 57.2 Å². The summed E-state index contributed by atoms with van der Waals surface area (Å²) in [5, 5.41) is 3.55. The van der Waals surface area contributed by atoms with Gasteiger partial charge in [0.05, 0.1) is 0 Å². The second-order valence-electron chi connectivity index (χ2n) is 6.35. The maximum absolute atomic E-state index is 4.15. The van der Waals surface area contributed by atoms with Gasteiger partial charge in [0.2, 0.25) is 0 Å². The van der Waals surface area contributed by atoms with Gasteiger partial charge in [0.25, 0.3) is 0 Å². The summed E-state index contributed by atoms with van der Waals surface area (Å²) in [4.78, 5) is 6.86. The number of rotatable bonds is 3. The molecule has 0 radical (unpaired) electrons. The van der Waals surface area contributed by atoms with Crippen molar-refractivity contribution < 1.29 is 0 Å². The summed E-state index contributed by atoms with van der Waals surface area (Å²) < 4.78 is 0. The Morgan fingerprint density at radius 1 is 1.10 bits per heavy atom. The highest BCUT2D eigenvalue weighted by atomic mass is 35.5. The smallest absolute Gasteiger partial charge is 0.0474 e. The molecule has 1 unspecified atom stereocenters. The molecule has 0 spiro atoms. The zero-order valence-corrected chi connectivity index (χ0v) is 13.7. The maximum atomic E-state index is 4.15. The lowest BCUT2D eigenvalue weighted by Crippen LogP contribution is -2.47. The quantitative estimate of drug-likeness (QED) is 0.867. The average molecular weight is 310 g/mol. The van der Waals surface area contributed by atoms with Crippen molar-refractivity contribution in [2.45, 2.75) is 44.6 Å². The third kappa shape index (κ3) is 4.67. The van der Waals surface area contributed by atoms with E-state index < -0.39 is 0 Å². The Morgan fingerprint density at radius 3 is 2.52 bits per heavy atom. The molecule has 2 aliphatic rings. The molecule has 1 saturated carbocycles. The lowest BCUT2D eigenvalue weighted by Gasteiger charge is -2.38. The summed E-state index contributed by atoms with van der Waals surface area (Å²) in [7, 11) is 0. The minimum Gasteiger partial charge on any atom is -0.314 e. The number of halogens is 1. The molecule has 4 heteroatoms. The largest absolute Gasteiger partial charge is 0.314 e. The van der Waals surface area contributed by atoms with E-state index >= 15 is 0 Å². The molecular weight excluding hydrogens is 282 g/mol. The summed E-state index contributed by atoms with van der Waals surface area (Å²) in [5.41, 5.74) is 1.42. The van der Waals surface area contributed by atoms with Gasteiger partial charge in [0, 0.05) is 44.6 Å². The van der Waals surface area contributed by atoms with Gasteiger partial charge in [0.15, 0.2) is 0 Å². The van der Waals surface area contributed by atoms with Crippen LogP contribution in [-0.4, -0.2) is 36.1 Å². The normalized spacial score (nSPS) is 25.0. The van der Waals surface area contributed by atoms with Crippen molar-refractivity contribution in [3.8, 4) is 0 Å². The van der Waals surface area contributed by atoms with Gasteiger partial charge >= 0.3 is 0 Å². The molecule has 0 amide bonds. The van der Waals surface area contributed by atoms with Crippen LogP contribution in [0.5, 0.6) is 0 Å². The highest BCUT2D eigenvalue weighted by Gasteiger charge is 2.26. The minimum atomic E-state index is 0. The van der Waals surface area contributed by atoms with Crippen LogP contribution >= 0.6 is 12.4 Å². The highest BCUT2D eigenvalue weighted by Crippen LogP contribution is 2.28. The van der Waals surface area contributed by atoms with E-state index in [1.54, 1.807) is 0 Å². The van der Waals surface area contributed by atoms with Crippen molar-refractivity contribution in [1.29, 1.82) is 0 Å². The fourth-order valence-electron chi connectivity index (χ4n) is 3.76. The number of piperazine rings is 1. The van der Waals surface area contributed by atoms with Crippen LogP contribution < -0.4 is 5.32 Å². The van der Waals surface area contributed by atoms with Crippen LogP contribution in [-0.2, 0) is 0 Å². The number of nitrogens with one attached hydrogen (secondary N) is 1. The summed E-state index contributed by atoms with van der Waals surface area (Å²) in [6.07, 6.45) is 12.5. The lowest BCUT2D eigenvalue weighted by molar-refractivity contribution is 0.131. The second-order valence-corrected chi connectivity index (χ2v) is 6.35. The third-order valence-corrected chi connectivity index (χ3v) is 4.91. The Kier molecular flexibility index (Phi) is 6.94. The average Bonchev–Trinajstić information content (AvgIpc) is 2.77. The van der Waals surface area contributed by atoms with Crippen LogP contribution in [0, 0.1) is 5.92 Å². The van der Waals surface area contributed by atoms with Gasteiger partial charge in [-0.15, -0.1) is 12.4 Å². The first-order valence-electron chi connectivity index (χ1n) is 8.28. The van der Waals surface area contributed by atoms with Crippen molar-refractivity contribution in [1.82, 2.24) is 15.2 Å². The van der Waals surface area contributed by atoms with Crippen LogP contribution in [0.2, 0.25) is 0 Å². The van der Waals surface area contributed by atoms with Crippen LogP contribution in [0.15, 0.2) is 24.5 Å². The van der Waals surface area contributed by atoms with Crippen LogP contribution in [0.3, 0.4) is 0 Å². The van der Waals surface area contributed by atoms with E-state index in [-0.39, 0.29) is 12.4 Å². The summed E-state index contributed by atoms with van der Waals surface area (Å²) >= 11 is 0. The van der Waals surface area contributed by atoms with Gasteiger partial charge in [-0.05, 0) is 36.5 Å². The molecule has 1 aliphatic heterocycles. The fourth-order valence-corrected chi connectivity index (χ4v) is 3.76. The number of hydrogen-bond acceptors (Lipinski definition) is 3.